The SMILES string of the molecule is CN1C(=O)C(c2ccccc2C(F)(F)F)N(C)c2nc(Nc3ccc(S(N)(=O)=O)cc3)ncc21. The molecule has 13 heteroatoms. The Balaban J connectivity index is 1.71. The maximum atomic E-state index is 13.6. The number of hydrogen-bond acceptors (Lipinski definition) is 7. The number of nitrogens with one attached hydrogen (secondary N) is 1. The molecule has 2 heterocycles. The Morgan fingerprint density at radius 3 is 2.32 bits per heavy atom. The summed E-state index contributed by atoms with van der Waals surface area (Å²) in [6.07, 6.45) is -3.26. The number of benzene rings is 2. The lowest BCUT2D eigenvalue weighted by molar-refractivity contribution is -0.138. The van der Waals surface area contributed by atoms with Crippen LogP contribution in [0.5, 0.6) is 0 Å². The Morgan fingerprint density at radius 2 is 1.71 bits per heavy atom. The summed E-state index contributed by atoms with van der Waals surface area (Å²) < 4.78 is 63.7. The highest BCUT2D eigenvalue weighted by atomic mass is 32.2. The monoisotopic (exact) mass is 492 g/mol. The van der Waals surface area contributed by atoms with Gasteiger partial charge in [-0.3, -0.25) is 4.79 Å². The van der Waals surface area contributed by atoms with Crippen LogP contribution in [0.15, 0.2) is 59.6 Å². The summed E-state index contributed by atoms with van der Waals surface area (Å²) in [5.74, 6) is -0.225. The van der Waals surface area contributed by atoms with Crippen molar-refractivity contribution in [2.24, 2.45) is 5.14 Å². The maximum absolute atomic E-state index is 13.6. The Hall–Kier alpha value is -3.71. The van der Waals surface area contributed by atoms with Crippen molar-refractivity contribution in [3.63, 3.8) is 0 Å². The van der Waals surface area contributed by atoms with Crippen LogP contribution in [0.25, 0.3) is 0 Å². The van der Waals surface area contributed by atoms with Crippen molar-refractivity contribution in [3.8, 4) is 0 Å². The van der Waals surface area contributed by atoms with Crippen molar-refractivity contribution in [1.82, 2.24) is 9.97 Å². The number of rotatable bonds is 4. The first kappa shape index (κ1) is 23.4. The molecular formula is C21H19F3N6O3S. The van der Waals surface area contributed by atoms with Crippen molar-refractivity contribution in [2.45, 2.75) is 17.1 Å². The number of nitrogens with zero attached hydrogens (tertiary/aromatic N) is 4. The lowest BCUT2D eigenvalue weighted by Crippen LogP contribution is -2.46. The van der Waals surface area contributed by atoms with Gasteiger partial charge in [-0.1, -0.05) is 18.2 Å². The molecule has 0 saturated heterocycles. The molecule has 1 aromatic heterocycles. The first-order valence-corrected chi connectivity index (χ1v) is 11.4. The predicted octanol–water partition coefficient (Wildman–Crippen LogP) is 3.04. The Kier molecular flexibility index (Phi) is 5.69. The topological polar surface area (TPSA) is 122 Å². The molecule has 0 spiro atoms. The number of likely N-dealkylation sites (N-methyl/N-ethyl adjacent to an activating group) is 2. The third-order valence-electron chi connectivity index (χ3n) is 5.40. The normalized spacial score (nSPS) is 16.4. The van der Waals surface area contributed by atoms with Gasteiger partial charge >= 0.3 is 6.18 Å². The third-order valence-corrected chi connectivity index (χ3v) is 6.33. The molecule has 3 N–H and O–H groups in total. The zero-order valence-electron chi connectivity index (χ0n) is 17.9. The molecule has 34 heavy (non-hydrogen) atoms. The van der Waals surface area contributed by atoms with E-state index < -0.39 is 33.7 Å². The largest absolute Gasteiger partial charge is 0.416 e. The number of carbonyl (C=O) groups excluding carboxylic acids is 1. The van der Waals surface area contributed by atoms with Crippen LogP contribution in [0, 0.1) is 0 Å². The van der Waals surface area contributed by atoms with Gasteiger partial charge in [0, 0.05) is 19.8 Å². The molecule has 1 atom stereocenters. The molecule has 4 rings (SSSR count). The number of fused-ring (bicyclic) bond motifs is 1. The van der Waals surface area contributed by atoms with Gasteiger partial charge in [-0.25, -0.2) is 18.5 Å². The van der Waals surface area contributed by atoms with Crippen LogP contribution in [-0.2, 0) is 21.0 Å². The van der Waals surface area contributed by atoms with Crippen LogP contribution in [0.3, 0.4) is 0 Å². The number of primary sulfonamides is 1. The van der Waals surface area contributed by atoms with E-state index in [1.165, 1.54) is 72.6 Å². The molecule has 0 fully saturated rings. The van der Waals surface area contributed by atoms with Gasteiger partial charge < -0.3 is 15.1 Å². The molecule has 1 aliphatic heterocycles. The molecule has 9 nitrogen and oxygen atoms in total. The average Bonchev–Trinajstić information content (AvgIpc) is 2.77. The van der Waals surface area contributed by atoms with Crippen molar-refractivity contribution < 1.29 is 26.4 Å². The van der Waals surface area contributed by atoms with Gasteiger partial charge in [0.25, 0.3) is 5.91 Å². The summed E-state index contributed by atoms with van der Waals surface area (Å²) >= 11 is 0. The Labute approximate surface area is 193 Å². The van der Waals surface area contributed by atoms with Crippen molar-refractivity contribution >= 4 is 39.1 Å². The highest BCUT2D eigenvalue weighted by Gasteiger charge is 2.42. The van der Waals surface area contributed by atoms with E-state index in [0.29, 0.717) is 11.4 Å². The number of halogens is 3. The summed E-state index contributed by atoms with van der Waals surface area (Å²) in [6.45, 7) is 0. The molecule has 0 saturated carbocycles. The molecule has 1 aliphatic rings. The molecule has 1 unspecified atom stereocenters. The van der Waals surface area contributed by atoms with E-state index in [1.807, 2.05) is 0 Å². The highest BCUT2D eigenvalue weighted by molar-refractivity contribution is 7.89. The molecule has 2 aromatic carbocycles. The van der Waals surface area contributed by atoms with Crippen LogP contribution < -0.4 is 20.3 Å². The minimum absolute atomic E-state index is 0.0737. The average molecular weight is 492 g/mol. The van der Waals surface area contributed by atoms with E-state index in [0.717, 1.165) is 6.07 Å². The van der Waals surface area contributed by atoms with E-state index in [2.05, 4.69) is 15.3 Å². The van der Waals surface area contributed by atoms with Gasteiger partial charge in [0.1, 0.15) is 11.7 Å². The van der Waals surface area contributed by atoms with Gasteiger partial charge in [-0.05, 0) is 35.9 Å². The number of anilines is 4. The van der Waals surface area contributed by atoms with Crippen LogP contribution in [0.4, 0.5) is 36.3 Å². The number of sulfonamides is 1. The number of carbonyl (C=O) groups is 1. The van der Waals surface area contributed by atoms with E-state index >= 15 is 0 Å². The van der Waals surface area contributed by atoms with Crippen molar-refractivity contribution in [3.05, 3.63) is 65.9 Å². The molecule has 3 aromatic rings. The molecular weight excluding hydrogens is 473 g/mol. The predicted molar refractivity (Wildman–Crippen MR) is 119 cm³/mol. The van der Waals surface area contributed by atoms with Crippen molar-refractivity contribution in [1.29, 1.82) is 0 Å². The second kappa shape index (κ2) is 8.25. The summed E-state index contributed by atoms with van der Waals surface area (Å²) in [6, 6.07) is 9.19. The van der Waals surface area contributed by atoms with Gasteiger partial charge in [0.2, 0.25) is 16.0 Å². The molecule has 0 aliphatic carbocycles. The first-order chi connectivity index (χ1) is 15.9. The molecule has 178 valence electrons. The summed E-state index contributed by atoms with van der Waals surface area (Å²) in [5.41, 5.74) is -0.316. The number of aromatic nitrogens is 2. The quantitative estimate of drug-likeness (QED) is 0.574. The molecule has 1 amide bonds. The number of amides is 1. The van der Waals surface area contributed by atoms with Crippen LogP contribution in [-0.4, -0.2) is 38.4 Å². The summed E-state index contributed by atoms with van der Waals surface area (Å²) in [4.78, 5) is 24.1. The smallest absolute Gasteiger partial charge is 0.342 e. The lowest BCUT2D eigenvalue weighted by atomic mass is 9.96. The fraction of sp³-hybridized carbons (Fsp3) is 0.190. The van der Waals surface area contributed by atoms with E-state index in [9.17, 15) is 26.4 Å². The molecule has 0 bridgehead atoms. The van der Waals surface area contributed by atoms with Gasteiger partial charge in [-0.2, -0.15) is 18.2 Å². The fourth-order valence-corrected chi connectivity index (χ4v) is 4.22. The highest BCUT2D eigenvalue weighted by Crippen LogP contribution is 2.42. The number of hydrogen-bond donors (Lipinski definition) is 2. The minimum atomic E-state index is -4.64. The third kappa shape index (κ3) is 4.26. The Morgan fingerprint density at radius 1 is 1.06 bits per heavy atom. The fourth-order valence-electron chi connectivity index (χ4n) is 3.71. The van der Waals surface area contributed by atoms with Gasteiger partial charge in [-0.15, -0.1) is 0 Å². The second-order valence-corrected chi connectivity index (χ2v) is 9.15. The number of nitrogens with two attached hydrogens (primary N) is 1. The maximum Gasteiger partial charge on any atom is 0.416 e. The van der Waals surface area contributed by atoms with E-state index in [4.69, 9.17) is 5.14 Å². The first-order valence-electron chi connectivity index (χ1n) is 9.81. The standard InChI is InChI=1S/C21H19F3N6O3S/c1-29-16-11-26-20(27-12-7-9-13(10-8-12)34(25,32)33)28-18(16)30(2)17(19(29)31)14-5-3-4-6-15(14)21(22,23)24/h3-11,17H,1-2H3,(H2,25,32,33)(H,26,27,28). The zero-order valence-corrected chi connectivity index (χ0v) is 18.7. The lowest BCUT2D eigenvalue weighted by Gasteiger charge is -2.39. The summed E-state index contributed by atoms with van der Waals surface area (Å²) in [7, 11) is -0.923. The summed E-state index contributed by atoms with van der Waals surface area (Å²) in [5, 5.41) is 7.99. The van der Waals surface area contributed by atoms with Crippen molar-refractivity contribution in [2.75, 3.05) is 29.2 Å². The minimum Gasteiger partial charge on any atom is -0.342 e. The van der Waals surface area contributed by atoms with Crippen LogP contribution in [0.1, 0.15) is 17.2 Å². The molecule has 0 radical (unpaired) electrons. The zero-order chi connectivity index (χ0) is 24.8. The number of alkyl halides is 3. The van der Waals surface area contributed by atoms with E-state index in [-0.39, 0.29) is 22.2 Å². The van der Waals surface area contributed by atoms with E-state index in [1.54, 1.807) is 0 Å². The Bertz CT molecular complexity index is 1360. The second-order valence-electron chi connectivity index (χ2n) is 7.59. The van der Waals surface area contributed by atoms with Crippen LogP contribution in [0.2, 0.25) is 0 Å². The van der Waals surface area contributed by atoms with Crippen LogP contribution >= 0.6 is 0 Å². The van der Waals surface area contributed by atoms with Gasteiger partial charge in [0.15, 0.2) is 5.82 Å². The van der Waals surface area contributed by atoms with Gasteiger partial charge in [0.05, 0.1) is 16.7 Å².